The number of hydrogen-bond donors (Lipinski definition) is 2. The van der Waals surface area contributed by atoms with Crippen molar-refractivity contribution >= 4 is 46.4 Å². The summed E-state index contributed by atoms with van der Waals surface area (Å²) in [6.45, 7) is 2.47. The number of fused-ring (bicyclic) bond motifs is 1. The van der Waals surface area contributed by atoms with Crippen LogP contribution < -0.4 is 10.6 Å². The molecule has 0 radical (unpaired) electrons. The Morgan fingerprint density at radius 2 is 1.86 bits per heavy atom. The standard InChI is InChI=1S/C21H17Cl2N5O/c1-13-9-18-24-12-19(26-21(29)15-5-3-2-4-6-15)28(18)27-20(13)25-11-14-7-8-16(22)17(23)10-14/h2-10,12H,11H2,1H3,(H,25,27)(H,26,29). The molecule has 0 saturated carbocycles. The summed E-state index contributed by atoms with van der Waals surface area (Å²) in [5, 5.41) is 11.8. The molecular formula is C21H17Cl2N5O. The quantitative estimate of drug-likeness (QED) is 0.460. The molecule has 1 amide bonds. The van der Waals surface area contributed by atoms with Crippen LogP contribution in [0.25, 0.3) is 5.65 Å². The molecule has 0 fully saturated rings. The van der Waals surface area contributed by atoms with Crippen molar-refractivity contribution in [3.63, 3.8) is 0 Å². The third kappa shape index (κ3) is 4.18. The average Bonchev–Trinajstić information content (AvgIpc) is 3.10. The van der Waals surface area contributed by atoms with Crippen molar-refractivity contribution in [1.29, 1.82) is 0 Å². The van der Waals surface area contributed by atoms with Gasteiger partial charge >= 0.3 is 0 Å². The van der Waals surface area contributed by atoms with Crippen molar-refractivity contribution in [2.24, 2.45) is 0 Å². The highest BCUT2D eigenvalue weighted by Gasteiger charge is 2.12. The zero-order valence-electron chi connectivity index (χ0n) is 15.5. The zero-order chi connectivity index (χ0) is 20.4. The Bertz CT molecular complexity index is 1190. The second-order valence-electron chi connectivity index (χ2n) is 6.51. The summed E-state index contributed by atoms with van der Waals surface area (Å²) >= 11 is 12.1. The van der Waals surface area contributed by atoms with Gasteiger partial charge in [0.2, 0.25) is 0 Å². The molecule has 0 atom stereocenters. The molecule has 0 aliphatic rings. The first-order chi connectivity index (χ1) is 14.0. The number of aromatic nitrogens is 3. The van der Waals surface area contributed by atoms with Crippen molar-refractivity contribution in [3.05, 3.63) is 87.5 Å². The van der Waals surface area contributed by atoms with Crippen molar-refractivity contribution in [2.45, 2.75) is 13.5 Å². The molecule has 0 saturated heterocycles. The lowest BCUT2D eigenvalue weighted by atomic mass is 10.2. The van der Waals surface area contributed by atoms with Crippen molar-refractivity contribution in [3.8, 4) is 0 Å². The average molecular weight is 426 g/mol. The molecule has 2 N–H and O–H groups in total. The molecule has 4 aromatic rings. The van der Waals surface area contributed by atoms with Gasteiger partial charge in [-0.15, -0.1) is 5.10 Å². The molecule has 146 valence electrons. The van der Waals surface area contributed by atoms with Crippen LogP contribution in [0.2, 0.25) is 10.0 Å². The molecule has 8 heteroatoms. The molecule has 0 unspecified atom stereocenters. The fraction of sp³-hybridized carbons (Fsp3) is 0.0952. The third-order valence-electron chi connectivity index (χ3n) is 4.40. The number of halogens is 2. The van der Waals surface area contributed by atoms with Crippen molar-refractivity contribution < 1.29 is 4.79 Å². The Morgan fingerprint density at radius 3 is 2.62 bits per heavy atom. The van der Waals surface area contributed by atoms with E-state index in [0.29, 0.717) is 39.4 Å². The fourth-order valence-corrected chi connectivity index (χ4v) is 3.20. The van der Waals surface area contributed by atoms with E-state index in [1.807, 2.05) is 43.3 Å². The predicted molar refractivity (Wildman–Crippen MR) is 116 cm³/mol. The number of anilines is 2. The first kappa shape index (κ1) is 19.2. The summed E-state index contributed by atoms with van der Waals surface area (Å²) in [7, 11) is 0. The number of nitrogens with zero attached hydrogens (tertiary/aromatic N) is 3. The van der Waals surface area contributed by atoms with E-state index in [1.165, 1.54) is 0 Å². The number of aryl methyl sites for hydroxylation is 1. The molecule has 2 aromatic heterocycles. The van der Waals surface area contributed by atoms with Crippen LogP contribution >= 0.6 is 23.2 Å². The van der Waals surface area contributed by atoms with Crippen LogP contribution in [0.5, 0.6) is 0 Å². The maximum atomic E-state index is 12.5. The van der Waals surface area contributed by atoms with Crippen LogP contribution in [0.4, 0.5) is 11.6 Å². The SMILES string of the molecule is Cc1cc2ncc(NC(=O)c3ccccc3)n2nc1NCc1ccc(Cl)c(Cl)c1. The van der Waals surface area contributed by atoms with E-state index in [0.717, 1.165) is 11.1 Å². The molecule has 0 aliphatic carbocycles. The summed E-state index contributed by atoms with van der Waals surface area (Å²) in [6.07, 6.45) is 1.59. The molecule has 0 spiro atoms. The third-order valence-corrected chi connectivity index (χ3v) is 5.14. The van der Waals surface area contributed by atoms with Crippen LogP contribution in [0.15, 0.2) is 60.8 Å². The maximum Gasteiger partial charge on any atom is 0.256 e. The zero-order valence-corrected chi connectivity index (χ0v) is 17.0. The van der Waals surface area contributed by atoms with E-state index >= 15 is 0 Å². The minimum absolute atomic E-state index is 0.222. The van der Waals surface area contributed by atoms with Crippen molar-refractivity contribution in [2.75, 3.05) is 10.6 Å². The predicted octanol–water partition coefficient (Wildman–Crippen LogP) is 5.21. The van der Waals surface area contributed by atoms with Crippen LogP contribution in [0.1, 0.15) is 21.5 Å². The largest absolute Gasteiger partial charge is 0.364 e. The van der Waals surface area contributed by atoms with Gasteiger partial charge in [-0.25, -0.2) is 4.98 Å². The number of imidazole rings is 1. The Balaban J connectivity index is 1.57. The van der Waals surface area contributed by atoms with E-state index in [1.54, 1.807) is 28.9 Å². The van der Waals surface area contributed by atoms with Gasteiger partial charge in [0, 0.05) is 12.1 Å². The normalized spacial score (nSPS) is 10.9. The minimum Gasteiger partial charge on any atom is -0.364 e. The van der Waals surface area contributed by atoms with Gasteiger partial charge in [0.1, 0.15) is 5.82 Å². The number of benzene rings is 2. The van der Waals surface area contributed by atoms with E-state index in [4.69, 9.17) is 23.2 Å². The molecule has 0 aliphatic heterocycles. The van der Waals surface area contributed by atoms with E-state index in [2.05, 4.69) is 20.7 Å². The maximum absolute atomic E-state index is 12.5. The molecule has 2 aromatic carbocycles. The fourth-order valence-electron chi connectivity index (χ4n) is 2.88. The first-order valence-corrected chi connectivity index (χ1v) is 9.66. The Labute approximate surface area is 177 Å². The lowest BCUT2D eigenvalue weighted by molar-refractivity contribution is 0.102. The van der Waals surface area contributed by atoms with Gasteiger partial charge < -0.3 is 10.6 Å². The van der Waals surface area contributed by atoms with E-state index < -0.39 is 0 Å². The summed E-state index contributed by atoms with van der Waals surface area (Å²) in [5.41, 5.74) is 3.12. The highest BCUT2D eigenvalue weighted by Crippen LogP contribution is 2.24. The highest BCUT2D eigenvalue weighted by molar-refractivity contribution is 6.42. The molecule has 0 bridgehead atoms. The van der Waals surface area contributed by atoms with E-state index in [9.17, 15) is 4.79 Å². The molecule has 6 nitrogen and oxygen atoms in total. The van der Waals surface area contributed by atoms with Crippen LogP contribution in [0.3, 0.4) is 0 Å². The first-order valence-electron chi connectivity index (χ1n) is 8.91. The van der Waals surface area contributed by atoms with Crippen LogP contribution in [-0.4, -0.2) is 20.5 Å². The second-order valence-corrected chi connectivity index (χ2v) is 7.33. The van der Waals surface area contributed by atoms with Crippen LogP contribution in [-0.2, 0) is 6.54 Å². The lowest BCUT2D eigenvalue weighted by Gasteiger charge is -2.11. The lowest BCUT2D eigenvalue weighted by Crippen LogP contribution is -2.14. The number of rotatable bonds is 5. The van der Waals surface area contributed by atoms with Gasteiger partial charge in [-0.1, -0.05) is 47.5 Å². The Hall–Kier alpha value is -3.09. The summed E-state index contributed by atoms with van der Waals surface area (Å²) in [5.74, 6) is 0.948. The van der Waals surface area contributed by atoms with Gasteiger partial charge in [0.05, 0.1) is 16.2 Å². The smallest absolute Gasteiger partial charge is 0.256 e. The molecule has 29 heavy (non-hydrogen) atoms. The summed E-state index contributed by atoms with van der Waals surface area (Å²) in [4.78, 5) is 16.8. The number of amides is 1. The Kier molecular flexibility index (Phi) is 5.38. The van der Waals surface area contributed by atoms with Crippen LogP contribution in [0, 0.1) is 6.92 Å². The van der Waals surface area contributed by atoms with Gasteiger partial charge in [-0.3, -0.25) is 4.79 Å². The Morgan fingerprint density at radius 1 is 1.07 bits per heavy atom. The monoisotopic (exact) mass is 425 g/mol. The second kappa shape index (κ2) is 8.11. The number of carbonyl (C=O) groups excluding carboxylic acids is 1. The topological polar surface area (TPSA) is 71.3 Å². The number of carbonyl (C=O) groups is 1. The van der Waals surface area contributed by atoms with Gasteiger partial charge in [-0.2, -0.15) is 4.52 Å². The van der Waals surface area contributed by atoms with Crippen molar-refractivity contribution in [1.82, 2.24) is 14.6 Å². The molecule has 2 heterocycles. The summed E-state index contributed by atoms with van der Waals surface area (Å²) in [6, 6.07) is 16.4. The van der Waals surface area contributed by atoms with Gasteiger partial charge in [0.25, 0.3) is 5.91 Å². The number of nitrogens with one attached hydrogen (secondary N) is 2. The molecule has 4 rings (SSSR count). The van der Waals surface area contributed by atoms with Gasteiger partial charge in [-0.05, 0) is 48.4 Å². The highest BCUT2D eigenvalue weighted by atomic mass is 35.5. The minimum atomic E-state index is -0.222. The van der Waals surface area contributed by atoms with Gasteiger partial charge in [0.15, 0.2) is 11.5 Å². The van der Waals surface area contributed by atoms with E-state index in [-0.39, 0.29) is 5.91 Å². The molecular weight excluding hydrogens is 409 g/mol. The number of hydrogen-bond acceptors (Lipinski definition) is 4. The summed E-state index contributed by atoms with van der Waals surface area (Å²) < 4.78 is 1.60.